The summed E-state index contributed by atoms with van der Waals surface area (Å²) < 4.78 is 36.5. The van der Waals surface area contributed by atoms with Gasteiger partial charge in [-0.15, -0.1) is 11.3 Å². The highest BCUT2D eigenvalue weighted by atomic mass is 32.2. The van der Waals surface area contributed by atoms with Gasteiger partial charge in [-0.2, -0.15) is 0 Å². The fourth-order valence-electron chi connectivity index (χ4n) is 2.56. The number of carbonyl (C=O) groups is 1. The predicted octanol–water partition coefficient (Wildman–Crippen LogP) is 3.69. The quantitative estimate of drug-likeness (QED) is 0.680. The van der Waals surface area contributed by atoms with Crippen LogP contribution in [0.4, 0.5) is 4.39 Å². The van der Waals surface area contributed by atoms with Gasteiger partial charge >= 0.3 is 0 Å². The van der Waals surface area contributed by atoms with Gasteiger partial charge in [-0.3, -0.25) is 4.79 Å². The maximum atomic E-state index is 13.9. The van der Waals surface area contributed by atoms with Crippen molar-refractivity contribution in [2.45, 2.75) is 17.9 Å². The maximum Gasteiger partial charge on any atom is 0.261 e. The van der Waals surface area contributed by atoms with Crippen molar-refractivity contribution in [3.05, 3.63) is 76.9 Å². The molecule has 8 heteroatoms. The fraction of sp³-hybridized carbons (Fsp3) is 0.105. The molecule has 5 nitrogen and oxygen atoms in total. The lowest BCUT2D eigenvalue weighted by atomic mass is 10.1. The molecule has 0 saturated heterocycles. The second-order valence-corrected chi connectivity index (χ2v) is 8.60. The van der Waals surface area contributed by atoms with Gasteiger partial charge in [0.25, 0.3) is 5.91 Å². The molecule has 27 heavy (non-hydrogen) atoms. The summed E-state index contributed by atoms with van der Waals surface area (Å²) in [5, 5.41) is 7.92. The third kappa shape index (κ3) is 4.41. The Kier molecular flexibility index (Phi) is 5.41. The first kappa shape index (κ1) is 19.2. The Hall–Kier alpha value is -2.55. The van der Waals surface area contributed by atoms with E-state index in [1.807, 2.05) is 0 Å². The Balaban J connectivity index is 1.73. The third-order valence-corrected chi connectivity index (χ3v) is 6.07. The van der Waals surface area contributed by atoms with Crippen LogP contribution in [0.5, 0.6) is 0 Å². The van der Waals surface area contributed by atoms with Crippen LogP contribution >= 0.6 is 11.3 Å². The smallest absolute Gasteiger partial charge is 0.261 e. The molecule has 1 aromatic heterocycles. The molecule has 0 radical (unpaired) electrons. The van der Waals surface area contributed by atoms with E-state index in [1.54, 1.807) is 49.4 Å². The Morgan fingerprint density at radius 3 is 2.37 bits per heavy atom. The molecule has 140 valence electrons. The van der Waals surface area contributed by atoms with Gasteiger partial charge in [0.15, 0.2) is 0 Å². The minimum absolute atomic E-state index is 0.0116. The fourth-order valence-corrected chi connectivity index (χ4v) is 4.01. The highest BCUT2D eigenvalue weighted by Gasteiger charge is 2.16. The highest BCUT2D eigenvalue weighted by molar-refractivity contribution is 7.89. The number of benzene rings is 2. The van der Waals surface area contributed by atoms with E-state index in [-0.39, 0.29) is 22.7 Å². The zero-order valence-electron chi connectivity index (χ0n) is 14.3. The average molecular weight is 404 g/mol. The number of rotatable bonds is 5. The number of carbonyl (C=O) groups excluding carboxylic acids is 1. The summed E-state index contributed by atoms with van der Waals surface area (Å²) in [5.41, 5.74) is 1.19. The number of halogens is 1. The first-order valence-electron chi connectivity index (χ1n) is 8.04. The van der Waals surface area contributed by atoms with Gasteiger partial charge in [0.2, 0.25) is 10.0 Å². The van der Waals surface area contributed by atoms with E-state index in [0.717, 1.165) is 5.56 Å². The second kappa shape index (κ2) is 7.59. The summed E-state index contributed by atoms with van der Waals surface area (Å²) in [7, 11) is -3.75. The van der Waals surface area contributed by atoms with Gasteiger partial charge in [-0.25, -0.2) is 17.9 Å². The topological polar surface area (TPSA) is 89.3 Å². The minimum Gasteiger partial charge on any atom is -0.345 e. The summed E-state index contributed by atoms with van der Waals surface area (Å²) in [5.74, 6) is -0.625. The Bertz CT molecular complexity index is 1080. The molecule has 3 aromatic rings. The summed E-state index contributed by atoms with van der Waals surface area (Å²) in [6.45, 7) is 1.79. The highest BCUT2D eigenvalue weighted by Crippen LogP contribution is 2.30. The van der Waals surface area contributed by atoms with Crippen molar-refractivity contribution in [3.63, 3.8) is 0 Å². The standard InChI is InChI=1S/C19H17FN2O3S2/c1-12(13-6-8-14(9-7-13)27(21,24)25)22-19(23)18-11-10-17(26-18)15-4-2-3-5-16(15)20/h2-12H,1H3,(H,22,23)(H2,21,24,25). The molecule has 0 bridgehead atoms. The lowest BCUT2D eigenvalue weighted by Gasteiger charge is -2.14. The van der Waals surface area contributed by atoms with Crippen molar-refractivity contribution in [1.82, 2.24) is 5.32 Å². The van der Waals surface area contributed by atoms with Crippen molar-refractivity contribution in [2.75, 3.05) is 0 Å². The molecule has 0 aliphatic rings. The number of nitrogens with one attached hydrogen (secondary N) is 1. The molecule has 1 amide bonds. The number of sulfonamides is 1. The molecule has 0 aliphatic carbocycles. The lowest BCUT2D eigenvalue weighted by Crippen LogP contribution is -2.25. The van der Waals surface area contributed by atoms with Gasteiger partial charge in [0, 0.05) is 10.4 Å². The normalized spacial score (nSPS) is 12.6. The molecule has 0 aliphatic heterocycles. The molecule has 1 atom stereocenters. The summed E-state index contributed by atoms with van der Waals surface area (Å²) in [6.07, 6.45) is 0. The molecule has 1 unspecified atom stereocenters. The monoisotopic (exact) mass is 404 g/mol. The predicted molar refractivity (Wildman–Crippen MR) is 103 cm³/mol. The van der Waals surface area contributed by atoms with Crippen LogP contribution in [0.2, 0.25) is 0 Å². The number of hydrogen-bond acceptors (Lipinski definition) is 4. The van der Waals surface area contributed by atoms with Gasteiger partial charge < -0.3 is 5.32 Å². The Morgan fingerprint density at radius 2 is 1.74 bits per heavy atom. The van der Waals surface area contributed by atoms with Crippen molar-refractivity contribution >= 4 is 27.3 Å². The van der Waals surface area contributed by atoms with Crippen LogP contribution in [0.3, 0.4) is 0 Å². The molecule has 0 spiro atoms. The number of amides is 1. The largest absolute Gasteiger partial charge is 0.345 e. The Labute approximate surface area is 160 Å². The second-order valence-electron chi connectivity index (χ2n) is 5.95. The molecule has 3 rings (SSSR count). The number of thiophene rings is 1. The van der Waals surface area contributed by atoms with Crippen molar-refractivity contribution < 1.29 is 17.6 Å². The number of nitrogens with two attached hydrogens (primary N) is 1. The SMILES string of the molecule is CC(NC(=O)c1ccc(-c2ccccc2F)s1)c1ccc(S(N)(=O)=O)cc1. The van der Waals surface area contributed by atoms with Gasteiger partial charge in [-0.1, -0.05) is 30.3 Å². The van der Waals surface area contributed by atoms with E-state index in [4.69, 9.17) is 5.14 Å². The number of hydrogen-bond donors (Lipinski definition) is 2. The molecule has 0 saturated carbocycles. The van der Waals surface area contributed by atoms with Crippen molar-refractivity contribution in [2.24, 2.45) is 5.14 Å². The molecule has 2 aromatic carbocycles. The Morgan fingerprint density at radius 1 is 1.07 bits per heavy atom. The van der Waals surface area contributed by atoms with Gasteiger partial charge in [-0.05, 0) is 42.8 Å². The average Bonchev–Trinajstić information content (AvgIpc) is 3.11. The third-order valence-electron chi connectivity index (χ3n) is 4.03. The van der Waals surface area contributed by atoms with Crippen LogP contribution in [0.15, 0.2) is 65.6 Å². The minimum atomic E-state index is -3.75. The first-order chi connectivity index (χ1) is 12.8. The van der Waals surface area contributed by atoms with E-state index < -0.39 is 10.0 Å². The summed E-state index contributed by atoms with van der Waals surface area (Å²) in [4.78, 5) is 13.6. The molecule has 1 heterocycles. The zero-order chi connectivity index (χ0) is 19.6. The molecule has 0 fully saturated rings. The van der Waals surface area contributed by atoms with Crippen LogP contribution in [0.1, 0.15) is 28.2 Å². The van der Waals surface area contributed by atoms with Gasteiger partial charge in [0.05, 0.1) is 15.8 Å². The van der Waals surface area contributed by atoms with E-state index >= 15 is 0 Å². The lowest BCUT2D eigenvalue weighted by molar-refractivity contribution is 0.0944. The number of primary sulfonamides is 1. The van der Waals surface area contributed by atoms with E-state index in [9.17, 15) is 17.6 Å². The van der Waals surface area contributed by atoms with Crippen LogP contribution in [0.25, 0.3) is 10.4 Å². The summed E-state index contributed by atoms with van der Waals surface area (Å²) >= 11 is 1.20. The molecule has 3 N–H and O–H groups in total. The maximum absolute atomic E-state index is 13.9. The van der Waals surface area contributed by atoms with E-state index in [1.165, 1.54) is 29.5 Å². The summed E-state index contributed by atoms with van der Waals surface area (Å²) in [6, 6.07) is 15.4. The zero-order valence-corrected chi connectivity index (χ0v) is 16.0. The van der Waals surface area contributed by atoms with Crippen LogP contribution in [-0.2, 0) is 10.0 Å². The van der Waals surface area contributed by atoms with Crippen LogP contribution < -0.4 is 10.5 Å². The van der Waals surface area contributed by atoms with Gasteiger partial charge in [0.1, 0.15) is 5.82 Å². The van der Waals surface area contributed by atoms with Crippen LogP contribution in [0, 0.1) is 5.82 Å². The molecular formula is C19H17FN2O3S2. The van der Waals surface area contributed by atoms with E-state index in [0.29, 0.717) is 15.3 Å². The van der Waals surface area contributed by atoms with Crippen molar-refractivity contribution in [3.8, 4) is 10.4 Å². The molecular weight excluding hydrogens is 387 g/mol. The van der Waals surface area contributed by atoms with Crippen molar-refractivity contribution in [1.29, 1.82) is 0 Å². The van der Waals surface area contributed by atoms with Crippen LogP contribution in [-0.4, -0.2) is 14.3 Å². The van der Waals surface area contributed by atoms with E-state index in [2.05, 4.69) is 5.32 Å². The first-order valence-corrected chi connectivity index (χ1v) is 10.4.